The standard InChI is InChI=1S/C18H27N5O2/c1-11(2)17-9-14(25-22-17)10-19-18-15-5-7-23(13(4)24)8-6-16(15)20-12(3)21-18/h11,14H,5-10H2,1-4H3,(H,19,20,21). The highest BCUT2D eigenvalue weighted by Crippen LogP contribution is 2.23. The molecule has 2 aliphatic rings. The molecule has 0 saturated carbocycles. The van der Waals surface area contributed by atoms with Crippen LogP contribution >= 0.6 is 0 Å². The van der Waals surface area contributed by atoms with Gasteiger partial charge < -0.3 is 15.1 Å². The van der Waals surface area contributed by atoms with Gasteiger partial charge >= 0.3 is 0 Å². The van der Waals surface area contributed by atoms with Crippen molar-refractivity contribution < 1.29 is 9.63 Å². The van der Waals surface area contributed by atoms with Gasteiger partial charge in [-0.1, -0.05) is 19.0 Å². The van der Waals surface area contributed by atoms with Crippen molar-refractivity contribution in [1.29, 1.82) is 0 Å². The Labute approximate surface area is 148 Å². The van der Waals surface area contributed by atoms with Gasteiger partial charge in [0.05, 0.1) is 18.0 Å². The Morgan fingerprint density at radius 1 is 1.32 bits per heavy atom. The zero-order valence-electron chi connectivity index (χ0n) is 15.5. The number of nitrogens with one attached hydrogen (secondary N) is 1. The third-order valence-corrected chi connectivity index (χ3v) is 4.82. The number of hydrogen-bond acceptors (Lipinski definition) is 6. The summed E-state index contributed by atoms with van der Waals surface area (Å²) in [6.45, 7) is 9.89. The fourth-order valence-electron chi connectivity index (χ4n) is 3.29. The van der Waals surface area contributed by atoms with Crippen LogP contribution in [-0.4, -0.2) is 52.2 Å². The molecule has 1 N–H and O–H groups in total. The molecule has 0 aromatic carbocycles. The zero-order chi connectivity index (χ0) is 18.0. The monoisotopic (exact) mass is 345 g/mol. The van der Waals surface area contributed by atoms with Crippen molar-refractivity contribution in [2.75, 3.05) is 25.0 Å². The summed E-state index contributed by atoms with van der Waals surface area (Å²) in [4.78, 5) is 28.3. The molecule has 3 rings (SSSR count). The van der Waals surface area contributed by atoms with Crippen LogP contribution in [-0.2, 0) is 22.5 Å². The molecule has 0 radical (unpaired) electrons. The van der Waals surface area contributed by atoms with Crippen molar-refractivity contribution in [1.82, 2.24) is 14.9 Å². The van der Waals surface area contributed by atoms with E-state index < -0.39 is 0 Å². The van der Waals surface area contributed by atoms with E-state index in [9.17, 15) is 4.79 Å². The average Bonchev–Trinajstić information content (AvgIpc) is 2.92. The minimum Gasteiger partial charge on any atom is -0.390 e. The summed E-state index contributed by atoms with van der Waals surface area (Å²) >= 11 is 0. The van der Waals surface area contributed by atoms with Gasteiger partial charge in [0.1, 0.15) is 17.7 Å². The van der Waals surface area contributed by atoms with Crippen molar-refractivity contribution in [3.63, 3.8) is 0 Å². The number of hydrogen-bond donors (Lipinski definition) is 1. The summed E-state index contributed by atoms with van der Waals surface area (Å²) in [5.74, 6) is 2.16. The minimum absolute atomic E-state index is 0.0443. The highest BCUT2D eigenvalue weighted by Gasteiger charge is 2.25. The van der Waals surface area contributed by atoms with E-state index in [2.05, 4.69) is 34.3 Å². The quantitative estimate of drug-likeness (QED) is 0.902. The van der Waals surface area contributed by atoms with Gasteiger partial charge in [-0.25, -0.2) is 9.97 Å². The molecule has 7 heteroatoms. The van der Waals surface area contributed by atoms with E-state index >= 15 is 0 Å². The molecule has 1 aromatic rings. The lowest BCUT2D eigenvalue weighted by atomic mass is 10.0. The van der Waals surface area contributed by atoms with Crippen molar-refractivity contribution in [2.24, 2.45) is 11.1 Å². The molecule has 25 heavy (non-hydrogen) atoms. The van der Waals surface area contributed by atoms with E-state index in [0.717, 1.165) is 54.4 Å². The number of aromatic nitrogens is 2. The highest BCUT2D eigenvalue weighted by atomic mass is 16.6. The molecule has 0 fully saturated rings. The van der Waals surface area contributed by atoms with Gasteiger partial charge in [-0.15, -0.1) is 0 Å². The van der Waals surface area contributed by atoms with Crippen LogP contribution in [0.3, 0.4) is 0 Å². The molecule has 7 nitrogen and oxygen atoms in total. The molecule has 3 heterocycles. The molecular weight excluding hydrogens is 318 g/mol. The largest absolute Gasteiger partial charge is 0.390 e. The van der Waals surface area contributed by atoms with Crippen LogP contribution in [0.4, 0.5) is 5.82 Å². The Hall–Kier alpha value is -2.18. The first kappa shape index (κ1) is 17.6. The predicted octanol–water partition coefficient (Wildman–Crippen LogP) is 1.94. The number of carbonyl (C=O) groups excluding carboxylic acids is 1. The van der Waals surface area contributed by atoms with E-state index in [1.54, 1.807) is 6.92 Å². The van der Waals surface area contributed by atoms with Gasteiger partial charge in [0.2, 0.25) is 5.91 Å². The van der Waals surface area contributed by atoms with Gasteiger partial charge in [-0.2, -0.15) is 0 Å². The zero-order valence-corrected chi connectivity index (χ0v) is 15.5. The topological polar surface area (TPSA) is 79.7 Å². The third-order valence-electron chi connectivity index (χ3n) is 4.82. The lowest BCUT2D eigenvalue weighted by Gasteiger charge is -2.17. The van der Waals surface area contributed by atoms with Crippen molar-refractivity contribution >= 4 is 17.4 Å². The number of amides is 1. The van der Waals surface area contributed by atoms with Gasteiger partial charge in [0.15, 0.2) is 0 Å². The first-order valence-corrected chi connectivity index (χ1v) is 9.02. The first-order chi connectivity index (χ1) is 11.9. The van der Waals surface area contributed by atoms with Crippen molar-refractivity contribution in [3.8, 4) is 0 Å². The van der Waals surface area contributed by atoms with Crippen LogP contribution < -0.4 is 5.32 Å². The SMILES string of the molecule is CC(=O)N1CCc2nc(C)nc(NCC3CC(C(C)C)=NO3)c2CC1. The Morgan fingerprint density at radius 2 is 2.08 bits per heavy atom. The second kappa shape index (κ2) is 7.37. The molecule has 1 atom stereocenters. The van der Waals surface area contributed by atoms with Crippen LogP contribution in [0.25, 0.3) is 0 Å². The molecule has 136 valence electrons. The molecule has 1 unspecified atom stereocenters. The molecule has 0 bridgehead atoms. The van der Waals surface area contributed by atoms with Crippen LogP contribution in [0.2, 0.25) is 0 Å². The minimum atomic E-state index is 0.0443. The smallest absolute Gasteiger partial charge is 0.219 e. The number of carbonyl (C=O) groups is 1. The second-order valence-electron chi connectivity index (χ2n) is 7.10. The summed E-state index contributed by atoms with van der Waals surface area (Å²) in [5, 5.41) is 7.61. The summed E-state index contributed by atoms with van der Waals surface area (Å²) in [5.41, 5.74) is 3.28. The number of aryl methyl sites for hydroxylation is 1. The third kappa shape index (κ3) is 4.08. The van der Waals surface area contributed by atoms with Gasteiger partial charge in [-0.05, 0) is 19.3 Å². The lowest BCUT2D eigenvalue weighted by Crippen LogP contribution is -2.31. The normalized spacial score (nSPS) is 20.0. The van der Waals surface area contributed by atoms with E-state index in [1.165, 1.54) is 0 Å². The Morgan fingerprint density at radius 3 is 2.76 bits per heavy atom. The van der Waals surface area contributed by atoms with Gasteiger partial charge in [0.25, 0.3) is 0 Å². The molecule has 2 aliphatic heterocycles. The highest BCUT2D eigenvalue weighted by molar-refractivity contribution is 5.87. The van der Waals surface area contributed by atoms with Gasteiger partial charge in [-0.3, -0.25) is 4.79 Å². The summed E-state index contributed by atoms with van der Waals surface area (Å²) < 4.78 is 0. The van der Waals surface area contributed by atoms with Crippen LogP contribution in [0.5, 0.6) is 0 Å². The van der Waals surface area contributed by atoms with Crippen LogP contribution in [0.1, 0.15) is 44.3 Å². The molecule has 0 aliphatic carbocycles. The fraction of sp³-hybridized carbons (Fsp3) is 0.667. The fourth-order valence-corrected chi connectivity index (χ4v) is 3.29. The molecule has 0 spiro atoms. The first-order valence-electron chi connectivity index (χ1n) is 9.02. The predicted molar refractivity (Wildman–Crippen MR) is 96.7 cm³/mol. The Kier molecular flexibility index (Phi) is 5.20. The Bertz CT molecular complexity index is 686. The maximum atomic E-state index is 11.7. The summed E-state index contributed by atoms with van der Waals surface area (Å²) in [6, 6.07) is 0. The molecule has 0 saturated heterocycles. The summed E-state index contributed by atoms with van der Waals surface area (Å²) in [7, 11) is 0. The number of anilines is 1. The molecule has 1 aromatic heterocycles. The molecular formula is C18H27N5O2. The van der Waals surface area contributed by atoms with Crippen molar-refractivity contribution in [3.05, 3.63) is 17.1 Å². The van der Waals surface area contributed by atoms with Crippen LogP contribution in [0.15, 0.2) is 5.16 Å². The van der Waals surface area contributed by atoms with E-state index in [1.807, 2.05) is 11.8 Å². The number of nitrogens with zero attached hydrogens (tertiary/aromatic N) is 4. The molecule has 1 amide bonds. The van der Waals surface area contributed by atoms with Gasteiger partial charge in [0, 0.05) is 38.4 Å². The van der Waals surface area contributed by atoms with E-state index in [4.69, 9.17) is 4.84 Å². The summed E-state index contributed by atoms with van der Waals surface area (Å²) in [6.07, 6.45) is 2.45. The Balaban J connectivity index is 1.69. The van der Waals surface area contributed by atoms with E-state index in [-0.39, 0.29) is 12.0 Å². The van der Waals surface area contributed by atoms with Crippen LogP contribution in [0, 0.1) is 12.8 Å². The number of oxime groups is 1. The number of rotatable bonds is 4. The maximum absolute atomic E-state index is 11.7. The maximum Gasteiger partial charge on any atom is 0.219 e. The number of fused-ring (bicyclic) bond motifs is 1. The van der Waals surface area contributed by atoms with E-state index in [0.29, 0.717) is 19.0 Å². The lowest BCUT2D eigenvalue weighted by molar-refractivity contribution is -0.128. The second-order valence-corrected chi connectivity index (χ2v) is 7.10. The average molecular weight is 345 g/mol. The van der Waals surface area contributed by atoms with Crippen molar-refractivity contribution in [2.45, 2.75) is 53.1 Å².